The summed E-state index contributed by atoms with van der Waals surface area (Å²) in [4.78, 5) is 44.1. The summed E-state index contributed by atoms with van der Waals surface area (Å²) in [6, 6.07) is 23.7. The lowest BCUT2D eigenvalue weighted by atomic mass is 9.70. The Hall–Kier alpha value is -5.15. The summed E-state index contributed by atoms with van der Waals surface area (Å²) in [5, 5.41) is 18.3. The van der Waals surface area contributed by atoms with Gasteiger partial charge in [0.1, 0.15) is 23.0 Å². The van der Waals surface area contributed by atoms with Crippen LogP contribution in [0.5, 0.6) is 5.75 Å². The first-order valence-corrected chi connectivity index (χ1v) is 14.2. The molecule has 214 valence electrons. The van der Waals surface area contributed by atoms with Crippen molar-refractivity contribution in [2.24, 2.45) is 5.92 Å². The van der Waals surface area contributed by atoms with E-state index < -0.39 is 17.5 Å². The number of nitrogens with zero attached hydrogens (tertiary/aromatic N) is 3. The van der Waals surface area contributed by atoms with Crippen LogP contribution in [0.3, 0.4) is 0 Å². The SMILES string of the molecule is Cc1nn(-c2ccccc2)c2ccc(C(=O)[C@@H]3C(=O)c4cc(-c5ccnc(C(=O)O)c5)ccc4OC34CCNCC4)cc12. The monoisotopic (exact) mass is 572 g/mol. The molecule has 0 saturated carbocycles. The van der Waals surface area contributed by atoms with E-state index in [0.29, 0.717) is 53.9 Å². The smallest absolute Gasteiger partial charge is 0.354 e. The first-order chi connectivity index (χ1) is 20.8. The van der Waals surface area contributed by atoms with Crippen LogP contribution in [0.1, 0.15) is 49.7 Å². The van der Waals surface area contributed by atoms with Crippen molar-refractivity contribution in [3.63, 3.8) is 0 Å². The van der Waals surface area contributed by atoms with Gasteiger partial charge in [0.25, 0.3) is 0 Å². The van der Waals surface area contributed by atoms with E-state index in [1.54, 1.807) is 30.3 Å². The number of carboxylic acids is 1. The largest absolute Gasteiger partial charge is 0.485 e. The lowest BCUT2D eigenvalue weighted by Gasteiger charge is -2.45. The third-order valence-corrected chi connectivity index (χ3v) is 8.52. The molecule has 0 amide bonds. The summed E-state index contributed by atoms with van der Waals surface area (Å²) in [7, 11) is 0. The molecule has 0 unspecified atom stereocenters. The van der Waals surface area contributed by atoms with Crippen molar-refractivity contribution >= 4 is 28.4 Å². The van der Waals surface area contributed by atoms with E-state index in [4.69, 9.17) is 9.84 Å². The van der Waals surface area contributed by atoms with Crippen LogP contribution in [-0.2, 0) is 0 Å². The molecule has 9 nitrogen and oxygen atoms in total. The molecule has 4 heterocycles. The number of aromatic nitrogens is 3. The van der Waals surface area contributed by atoms with E-state index >= 15 is 0 Å². The Morgan fingerprint density at radius 1 is 0.977 bits per heavy atom. The van der Waals surface area contributed by atoms with E-state index in [1.165, 1.54) is 12.3 Å². The highest BCUT2D eigenvalue weighted by atomic mass is 16.5. The molecule has 2 N–H and O–H groups in total. The zero-order valence-corrected chi connectivity index (χ0v) is 23.4. The number of aromatic carboxylic acids is 1. The molecule has 0 bridgehead atoms. The number of carbonyl (C=O) groups excluding carboxylic acids is 2. The molecule has 2 aliphatic rings. The molecule has 43 heavy (non-hydrogen) atoms. The predicted molar refractivity (Wildman–Crippen MR) is 160 cm³/mol. The number of carboxylic acid groups (broad SMARTS) is 1. The number of ketones is 2. The number of rotatable bonds is 5. The predicted octanol–water partition coefficient (Wildman–Crippen LogP) is 5.29. The van der Waals surface area contributed by atoms with Crippen molar-refractivity contribution in [2.45, 2.75) is 25.4 Å². The van der Waals surface area contributed by atoms with Gasteiger partial charge in [-0.3, -0.25) is 9.59 Å². The number of piperidine rings is 1. The van der Waals surface area contributed by atoms with E-state index in [-0.39, 0.29) is 17.3 Å². The molecule has 7 rings (SSSR count). The van der Waals surface area contributed by atoms with Gasteiger partial charge in [0.15, 0.2) is 11.6 Å². The first-order valence-electron chi connectivity index (χ1n) is 14.2. The van der Waals surface area contributed by atoms with E-state index in [2.05, 4.69) is 10.3 Å². The molecule has 1 saturated heterocycles. The molecule has 5 aromatic rings. The molecule has 0 radical (unpaired) electrons. The van der Waals surface area contributed by atoms with Crippen molar-refractivity contribution in [1.29, 1.82) is 0 Å². The Morgan fingerprint density at radius 2 is 1.74 bits per heavy atom. The fourth-order valence-electron chi connectivity index (χ4n) is 6.34. The zero-order valence-electron chi connectivity index (χ0n) is 23.4. The molecule has 1 fully saturated rings. The summed E-state index contributed by atoms with van der Waals surface area (Å²) in [6.07, 6.45) is 2.44. The highest BCUT2D eigenvalue weighted by molar-refractivity contribution is 6.19. The Kier molecular flexibility index (Phi) is 6.40. The van der Waals surface area contributed by atoms with Crippen molar-refractivity contribution in [3.8, 4) is 22.6 Å². The molecule has 0 aliphatic carbocycles. The normalized spacial score (nSPS) is 17.4. The third-order valence-electron chi connectivity index (χ3n) is 8.52. The number of hydrogen-bond acceptors (Lipinski definition) is 7. The molecular formula is C34H28N4O5. The highest BCUT2D eigenvalue weighted by Crippen LogP contribution is 2.44. The van der Waals surface area contributed by atoms with Crippen LogP contribution in [0.4, 0.5) is 0 Å². The summed E-state index contributed by atoms with van der Waals surface area (Å²) in [6.45, 7) is 3.16. The van der Waals surface area contributed by atoms with Gasteiger partial charge in [-0.15, -0.1) is 0 Å². The van der Waals surface area contributed by atoms with Gasteiger partial charge in [-0.05, 0) is 85.7 Å². The Bertz CT molecular complexity index is 1920. The summed E-state index contributed by atoms with van der Waals surface area (Å²) >= 11 is 0. The lowest BCUT2D eigenvalue weighted by molar-refractivity contribution is -0.0138. The number of benzene rings is 3. The average Bonchev–Trinajstić information content (AvgIpc) is 3.37. The van der Waals surface area contributed by atoms with Crippen molar-refractivity contribution in [1.82, 2.24) is 20.1 Å². The van der Waals surface area contributed by atoms with Crippen LogP contribution in [0, 0.1) is 12.8 Å². The van der Waals surface area contributed by atoms with E-state index in [0.717, 1.165) is 22.3 Å². The third kappa shape index (κ3) is 4.49. The minimum atomic E-state index is -1.14. The van der Waals surface area contributed by atoms with Gasteiger partial charge >= 0.3 is 5.97 Å². The molecule has 2 aliphatic heterocycles. The zero-order chi connectivity index (χ0) is 29.7. The number of aryl methyl sites for hydroxylation is 1. The Labute approximate surface area is 247 Å². The van der Waals surface area contributed by atoms with Gasteiger partial charge in [0, 0.05) is 30.0 Å². The first kappa shape index (κ1) is 26.7. The van der Waals surface area contributed by atoms with Gasteiger partial charge in [0.05, 0.1) is 22.5 Å². The molecule has 2 aromatic heterocycles. The quantitative estimate of drug-likeness (QED) is 0.215. The maximum Gasteiger partial charge on any atom is 0.354 e. The molecule has 1 spiro atoms. The van der Waals surface area contributed by atoms with E-state index in [1.807, 2.05) is 54.1 Å². The summed E-state index contributed by atoms with van der Waals surface area (Å²) in [5.74, 6) is -2.32. The number of fused-ring (bicyclic) bond motifs is 2. The van der Waals surface area contributed by atoms with Gasteiger partial charge < -0.3 is 15.2 Å². The number of pyridine rings is 1. The number of para-hydroxylation sites is 1. The number of ether oxygens (including phenoxy) is 1. The second kappa shape index (κ2) is 10.3. The van der Waals surface area contributed by atoms with Gasteiger partial charge in [-0.1, -0.05) is 24.3 Å². The van der Waals surface area contributed by atoms with Crippen molar-refractivity contribution < 1.29 is 24.2 Å². The van der Waals surface area contributed by atoms with Crippen molar-refractivity contribution in [2.75, 3.05) is 13.1 Å². The maximum absolute atomic E-state index is 14.4. The number of hydrogen-bond donors (Lipinski definition) is 2. The highest BCUT2D eigenvalue weighted by Gasteiger charge is 2.53. The minimum absolute atomic E-state index is 0.0965. The van der Waals surface area contributed by atoms with Crippen LogP contribution >= 0.6 is 0 Å². The molecule has 9 heteroatoms. The number of carbonyl (C=O) groups is 3. The van der Waals surface area contributed by atoms with Crippen LogP contribution < -0.4 is 10.1 Å². The fourth-order valence-corrected chi connectivity index (χ4v) is 6.34. The Balaban J connectivity index is 1.30. The number of nitrogens with one attached hydrogen (secondary N) is 1. The minimum Gasteiger partial charge on any atom is -0.485 e. The average molecular weight is 573 g/mol. The summed E-state index contributed by atoms with van der Waals surface area (Å²) in [5.41, 5.74) is 3.48. The van der Waals surface area contributed by atoms with Crippen LogP contribution in [0.15, 0.2) is 85.1 Å². The second-order valence-electron chi connectivity index (χ2n) is 11.1. The maximum atomic E-state index is 14.4. The van der Waals surface area contributed by atoms with Crippen molar-refractivity contribution in [3.05, 3.63) is 108 Å². The summed E-state index contributed by atoms with van der Waals surface area (Å²) < 4.78 is 8.46. The van der Waals surface area contributed by atoms with Crippen LogP contribution in [0.2, 0.25) is 0 Å². The topological polar surface area (TPSA) is 123 Å². The van der Waals surface area contributed by atoms with Gasteiger partial charge in [-0.25, -0.2) is 14.5 Å². The Morgan fingerprint density at radius 3 is 2.51 bits per heavy atom. The van der Waals surface area contributed by atoms with Crippen LogP contribution in [0.25, 0.3) is 27.7 Å². The lowest BCUT2D eigenvalue weighted by Crippen LogP contribution is -2.58. The second-order valence-corrected chi connectivity index (χ2v) is 11.1. The number of Topliss-reactive ketones (excluding diaryl/α,β-unsaturated/α-hetero) is 2. The van der Waals surface area contributed by atoms with Crippen LogP contribution in [-0.4, -0.2) is 56.1 Å². The molecular weight excluding hydrogens is 544 g/mol. The van der Waals surface area contributed by atoms with E-state index in [9.17, 15) is 19.5 Å². The fraction of sp³-hybridized carbons (Fsp3) is 0.206. The van der Waals surface area contributed by atoms with Gasteiger partial charge in [0.2, 0.25) is 0 Å². The van der Waals surface area contributed by atoms with Gasteiger partial charge in [-0.2, -0.15) is 5.10 Å². The molecule has 3 aromatic carbocycles. The molecule has 1 atom stereocenters. The standard InChI is InChI=1S/C34H28N4O5/c1-20-25-18-23(7-9-28(25)38(37-20)24-5-3-2-4-6-24)31(39)30-32(40)26-17-21(22-11-14-36-27(19-22)33(41)42)8-10-29(26)43-34(30)12-15-35-16-13-34/h2-11,14,17-19,30,35H,12-13,15-16H2,1H3,(H,41,42)/t30-/m1/s1.